The van der Waals surface area contributed by atoms with E-state index in [1.807, 2.05) is 0 Å². The fourth-order valence-electron chi connectivity index (χ4n) is 3.43. The van der Waals surface area contributed by atoms with Gasteiger partial charge in [0.1, 0.15) is 18.0 Å². The highest BCUT2D eigenvalue weighted by atomic mass is 35.5. The lowest BCUT2D eigenvalue weighted by Crippen LogP contribution is -2.55. The van der Waals surface area contributed by atoms with Crippen LogP contribution >= 0.6 is 11.6 Å². The van der Waals surface area contributed by atoms with E-state index in [1.54, 1.807) is 17.4 Å². The van der Waals surface area contributed by atoms with Gasteiger partial charge in [0.15, 0.2) is 0 Å². The molecule has 1 unspecified atom stereocenters. The summed E-state index contributed by atoms with van der Waals surface area (Å²) in [6.45, 7) is -0.783. The number of hydrogen-bond donors (Lipinski definition) is 2. The lowest BCUT2D eigenvalue weighted by Gasteiger charge is -2.38. The van der Waals surface area contributed by atoms with Crippen molar-refractivity contribution in [3.63, 3.8) is 0 Å². The van der Waals surface area contributed by atoms with Crippen molar-refractivity contribution < 1.29 is 32.7 Å². The van der Waals surface area contributed by atoms with Crippen LogP contribution in [0.1, 0.15) is 24.4 Å². The van der Waals surface area contributed by atoms with E-state index in [-0.39, 0.29) is 16.3 Å². The minimum absolute atomic E-state index is 0.0610. The number of halogens is 4. The van der Waals surface area contributed by atoms with Crippen molar-refractivity contribution in [2.75, 3.05) is 11.4 Å². The molecule has 7 nitrogen and oxygen atoms in total. The normalized spacial score (nSPS) is 15.9. The highest BCUT2D eigenvalue weighted by Gasteiger charge is 2.47. The van der Waals surface area contributed by atoms with Gasteiger partial charge in [-0.2, -0.15) is 0 Å². The molecule has 2 N–H and O–H groups in total. The molecule has 11 heteroatoms. The Hall–Kier alpha value is -3.27. The van der Waals surface area contributed by atoms with Gasteiger partial charge in [0.25, 0.3) is 5.92 Å². The molecule has 1 fully saturated rings. The number of carbonyl (C=O) groups is 3. The first-order chi connectivity index (χ1) is 15.1. The van der Waals surface area contributed by atoms with Crippen LogP contribution < -0.4 is 20.6 Å². The number of alkyl halides is 2. The maximum absolute atomic E-state index is 13.9. The first-order valence-electron chi connectivity index (χ1n) is 9.52. The van der Waals surface area contributed by atoms with E-state index in [2.05, 4.69) is 5.32 Å². The van der Waals surface area contributed by atoms with Crippen LogP contribution in [0, 0.1) is 5.82 Å². The van der Waals surface area contributed by atoms with Gasteiger partial charge in [-0.3, -0.25) is 14.5 Å². The first kappa shape index (κ1) is 23.4. The van der Waals surface area contributed by atoms with Crippen LogP contribution in [0.4, 0.5) is 23.7 Å². The molecule has 3 rings (SSSR count). The molecule has 0 saturated heterocycles. The van der Waals surface area contributed by atoms with Crippen LogP contribution in [0.25, 0.3) is 0 Å². The second-order valence-corrected chi connectivity index (χ2v) is 7.69. The molecule has 2 aromatic carbocycles. The Balaban J connectivity index is 2.03. The summed E-state index contributed by atoms with van der Waals surface area (Å²) in [5.41, 5.74) is 0.0815. The van der Waals surface area contributed by atoms with Crippen LogP contribution in [0.15, 0.2) is 48.5 Å². The Morgan fingerprint density at radius 1 is 1.16 bits per heavy atom. The summed E-state index contributed by atoms with van der Waals surface area (Å²) in [6, 6.07) is 8.46. The van der Waals surface area contributed by atoms with Gasteiger partial charge < -0.3 is 20.5 Å². The molecule has 0 bridgehead atoms. The molecule has 2 aromatic rings. The number of nitrogens with one attached hydrogen (secondary N) is 2. The summed E-state index contributed by atoms with van der Waals surface area (Å²) >= 11 is 6.26. The van der Waals surface area contributed by atoms with Gasteiger partial charge in [-0.1, -0.05) is 35.9 Å². The largest absolute Gasteiger partial charge is 0.530 e. The molecule has 32 heavy (non-hydrogen) atoms. The summed E-state index contributed by atoms with van der Waals surface area (Å²) in [5, 5.41) is 15.1. The SMILES string of the molecule is O=C([O-])NCC(=O)N(c1cccc(F)c1)C(C(=O)NC1CC(F)(F)C1)c1ccccc1Cl. The third-order valence-electron chi connectivity index (χ3n) is 4.88. The smallest absolute Gasteiger partial charge is 0.252 e. The van der Waals surface area contributed by atoms with Gasteiger partial charge in [0.2, 0.25) is 11.8 Å². The standard InChI is InChI=1S/C21H19ClF3N3O4/c22-16-7-2-1-6-15(16)18(19(30)27-13-9-21(24,25)10-13)28(17(29)11-26-20(31)32)14-5-3-4-12(23)8-14/h1-8,13,18,26H,9-11H2,(H,27,30)(H,31,32)/p-1. The molecule has 0 heterocycles. The fraction of sp³-hybridized carbons (Fsp3) is 0.286. The number of rotatable bonds is 7. The number of carbonyl (C=O) groups excluding carboxylic acids is 3. The average molecular weight is 469 g/mol. The van der Waals surface area contributed by atoms with Gasteiger partial charge in [0.05, 0.1) is 6.54 Å². The lowest BCUT2D eigenvalue weighted by atomic mass is 9.87. The Morgan fingerprint density at radius 2 is 1.84 bits per heavy atom. The van der Waals surface area contributed by atoms with E-state index in [0.717, 1.165) is 17.0 Å². The van der Waals surface area contributed by atoms with Crippen LogP contribution in [0.2, 0.25) is 5.02 Å². The summed E-state index contributed by atoms with van der Waals surface area (Å²) in [7, 11) is 0. The molecule has 1 atom stereocenters. The van der Waals surface area contributed by atoms with Crippen LogP contribution in [-0.4, -0.2) is 36.4 Å². The second-order valence-electron chi connectivity index (χ2n) is 7.28. The van der Waals surface area contributed by atoms with Gasteiger partial charge in [0, 0.05) is 35.2 Å². The third kappa shape index (κ3) is 5.50. The van der Waals surface area contributed by atoms with Crippen molar-refractivity contribution in [1.29, 1.82) is 0 Å². The van der Waals surface area contributed by atoms with Crippen LogP contribution in [0.5, 0.6) is 0 Å². The number of amides is 3. The molecular formula is C21H18ClF3N3O4-. The van der Waals surface area contributed by atoms with Gasteiger partial charge in [-0.05, 0) is 24.3 Å². The monoisotopic (exact) mass is 468 g/mol. The van der Waals surface area contributed by atoms with Crippen molar-refractivity contribution in [2.45, 2.75) is 30.8 Å². The molecule has 3 amide bonds. The van der Waals surface area contributed by atoms with Crippen molar-refractivity contribution in [1.82, 2.24) is 10.6 Å². The fourth-order valence-corrected chi connectivity index (χ4v) is 3.67. The molecule has 0 aliphatic heterocycles. The molecular weight excluding hydrogens is 451 g/mol. The Bertz CT molecular complexity index is 1030. The quantitative estimate of drug-likeness (QED) is 0.651. The van der Waals surface area contributed by atoms with E-state index in [1.165, 1.54) is 24.3 Å². The maximum Gasteiger partial charge on any atom is 0.252 e. The van der Waals surface area contributed by atoms with E-state index in [4.69, 9.17) is 11.6 Å². The Kier molecular flexibility index (Phi) is 6.93. The highest BCUT2D eigenvalue weighted by molar-refractivity contribution is 6.31. The first-order valence-corrected chi connectivity index (χ1v) is 9.90. The number of nitrogens with zero attached hydrogens (tertiary/aromatic N) is 1. The lowest BCUT2D eigenvalue weighted by molar-refractivity contribution is -0.250. The number of hydrogen-bond acceptors (Lipinski definition) is 4. The van der Waals surface area contributed by atoms with Gasteiger partial charge >= 0.3 is 0 Å². The van der Waals surface area contributed by atoms with Crippen molar-refractivity contribution in [3.05, 3.63) is 64.9 Å². The van der Waals surface area contributed by atoms with E-state index < -0.39 is 61.1 Å². The summed E-state index contributed by atoms with van der Waals surface area (Å²) in [5.74, 6) is -5.36. The van der Waals surface area contributed by atoms with Crippen molar-refractivity contribution in [3.8, 4) is 0 Å². The summed E-state index contributed by atoms with van der Waals surface area (Å²) in [4.78, 5) is 37.8. The molecule has 0 spiro atoms. The molecule has 170 valence electrons. The number of carboxylic acid groups (broad SMARTS) is 1. The van der Waals surface area contributed by atoms with Crippen molar-refractivity contribution in [2.24, 2.45) is 0 Å². The zero-order valence-electron chi connectivity index (χ0n) is 16.5. The number of anilines is 1. The van der Waals surface area contributed by atoms with Gasteiger partial charge in [-0.15, -0.1) is 0 Å². The average Bonchev–Trinajstić information content (AvgIpc) is 2.69. The summed E-state index contributed by atoms with van der Waals surface area (Å²) < 4.78 is 40.4. The Labute approximate surface area is 186 Å². The molecule has 0 aromatic heterocycles. The molecule has 1 aliphatic rings. The molecule has 1 saturated carbocycles. The van der Waals surface area contributed by atoms with E-state index in [9.17, 15) is 32.7 Å². The van der Waals surface area contributed by atoms with Crippen LogP contribution in [-0.2, 0) is 9.59 Å². The topological polar surface area (TPSA) is 102 Å². The summed E-state index contributed by atoms with van der Waals surface area (Å²) in [6.07, 6.45) is -2.85. The van der Waals surface area contributed by atoms with Crippen LogP contribution in [0.3, 0.4) is 0 Å². The van der Waals surface area contributed by atoms with Gasteiger partial charge in [-0.25, -0.2) is 13.2 Å². The van der Waals surface area contributed by atoms with Crippen molar-refractivity contribution >= 4 is 35.2 Å². The molecule has 1 aliphatic carbocycles. The second kappa shape index (κ2) is 9.47. The zero-order valence-corrected chi connectivity index (χ0v) is 17.2. The van der Waals surface area contributed by atoms with E-state index in [0.29, 0.717) is 0 Å². The zero-order chi connectivity index (χ0) is 23.5. The molecule has 0 radical (unpaired) electrons. The van der Waals surface area contributed by atoms with E-state index >= 15 is 0 Å². The predicted molar refractivity (Wildman–Crippen MR) is 108 cm³/mol. The predicted octanol–water partition coefficient (Wildman–Crippen LogP) is 2.40. The highest BCUT2D eigenvalue weighted by Crippen LogP contribution is 2.38. The third-order valence-corrected chi connectivity index (χ3v) is 5.23. The minimum Gasteiger partial charge on any atom is -0.530 e. The number of benzene rings is 2. The Morgan fingerprint density at radius 3 is 2.44 bits per heavy atom. The minimum atomic E-state index is -2.89. The maximum atomic E-state index is 13.9.